The fourth-order valence-electron chi connectivity index (χ4n) is 6.35. The van der Waals surface area contributed by atoms with Gasteiger partial charge >= 0.3 is 5.97 Å². The number of nitrogens with zero attached hydrogens (tertiary/aromatic N) is 2. The van der Waals surface area contributed by atoms with Crippen LogP contribution in [0.15, 0.2) is 30.3 Å². The molecule has 2 amide bonds. The third-order valence-corrected chi connectivity index (χ3v) is 9.01. The summed E-state index contributed by atoms with van der Waals surface area (Å²) in [5.74, 6) is -1.70. The normalized spacial score (nSPS) is 19.4. The fourth-order valence-corrected chi connectivity index (χ4v) is 6.35. The van der Waals surface area contributed by atoms with Gasteiger partial charge in [-0.25, -0.2) is 0 Å². The first-order valence-corrected chi connectivity index (χ1v) is 16.0. The Morgan fingerprint density at radius 2 is 1.66 bits per heavy atom. The second-order valence-corrected chi connectivity index (χ2v) is 13.4. The van der Waals surface area contributed by atoms with Crippen LogP contribution in [0.5, 0.6) is 0 Å². The summed E-state index contributed by atoms with van der Waals surface area (Å²) in [4.78, 5) is 56.5. The van der Waals surface area contributed by atoms with Crippen molar-refractivity contribution in [2.24, 2.45) is 17.8 Å². The standard InChI is InChI=1S/C35H56N2O7/c1-11-23(2)32(36(8)25(4)38)30(42-9)22-31(40)37-19-15-18-28(37)33(43-10)24(3)29(39)21-27(34(41)44-35(5,6)7)20-26-16-13-12-14-17-26/h12-14,16-17,23-24,27-28,30,32-33H,11,15,18-22H2,1-10H3/t23-,24-,27+,28-,30+,32-,33+/m0/s1. The van der Waals surface area contributed by atoms with Gasteiger partial charge in [-0.05, 0) is 51.5 Å². The second-order valence-electron chi connectivity index (χ2n) is 13.4. The number of esters is 1. The van der Waals surface area contributed by atoms with Gasteiger partial charge in [-0.2, -0.15) is 0 Å². The lowest BCUT2D eigenvalue weighted by molar-refractivity contribution is -0.161. The van der Waals surface area contributed by atoms with Crippen LogP contribution in [0.25, 0.3) is 0 Å². The second kappa shape index (κ2) is 17.1. The minimum Gasteiger partial charge on any atom is -0.460 e. The molecule has 1 aromatic carbocycles. The summed E-state index contributed by atoms with van der Waals surface area (Å²) in [6, 6.07) is 9.09. The van der Waals surface area contributed by atoms with E-state index in [2.05, 4.69) is 13.8 Å². The maximum atomic E-state index is 13.8. The number of rotatable bonds is 16. The molecule has 9 heteroatoms. The number of hydrogen-bond donors (Lipinski definition) is 0. The number of amides is 2. The van der Waals surface area contributed by atoms with Crippen LogP contribution in [-0.2, 0) is 39.8 Å². The van der Waals surface area contributed by atoms with E-state index < -0.39 is 35.6 Å². The molecule has 1 aliphatic heterocycles. The molecule has 7 atom stereocenters. The van der Waals surface area contributed by atoms with Crippen molar-refractivity contribution in [3.8, 4) is 0 Å². The number of ether oxygens (including phenoxy) is 3. The number of ketones is 1. The van der Waals surface area contributed by atoms with Crippen molar-refractivity contribution in [1.29, 1.82) is 0 Å². The highest BCUT2D eigenvalue weighted by Gasteiger charge is 2.42. The molecule has 1 aromatic rings. The minimum absolute atomic E-state index is 0.0191. The molecule has 0 spiro atoms. The quantitative estimate of drug-likeness (QED) is 0.239. The van der Waals surface area contributed by atoms with E-state index in [0.717, 1.165) is 18.4 Å². The van der Waals surface area contributed by atoms with Gasteiger partial charge in [0, 0.05) is 47.1 Å². The molecule has 248 valence electrons. The van der Waals surface area contributed by atoms with Gasteiger partial charge in [0.2, 0.25) is 11.8 Å². The Morgan fingerprint density at radius 3 is 2.18 bits per heavy atom. The van der Waals surface area contributed by atoms with Crippen LogP contribution in [0.2, 0.25) is 0 Å². The molecule has 0 N–H and O–H groups in total. The van der Waals surface area contributed by atoms with Gasteiger partial charge < -0.3 is 24.0 Å². The first-order valence-electron chi connectivity index (χ1n) is 16.0. The lowest BCUT2D eigenvalue weighted by Gasteiger charge is -2.39. The van der Waals surface area contributed by atoms with E-state index in [9.17, 15) is 19.2 Å². The molecular weight excluding hydrogens is 560 g/mol. The zero-order valence-electron chi connectivity index (χ0n) is 28.6. The Labute approximate surface area is 265 Å². The topological polar surface area (TPSA) is 102 Å². The van der Waals surface area contributed by atoms with Crippen molar-refractivity contribution in [2.45, 2.75) is 117 Å². The van der Waals surface area contributed by atoms with Crippen molar-refractivity contribution in [3.05, 3.63) is 35.9 Å². The molecule has 9 nitrogen and oxygen atoms in total. The van der Waals surface area contributed by atoms with Gasteiger partial charge in [0.15, 0.2) is 0 Å². The SMILES string of the molecule is CC[C@H](C)[C@@H]([C@@H](CC(=O)N1CCC[C@H]1[C@H](OC)[C@@H](C)C(=O)C[C@@H](Cc1ccccc1)C(=O)OC(C)(C)C)OC)N(C)C(C)=O. The Kier molecular flexibility index (Phi) is 14.5. The number of Topliss-reactive ketones (excluding diaryl/α,β-unsaturated/α-hetero) is 1. The Bertz CT molecular complexity index is 1090. The van der Waals surface area contributed by atoms with Crippen LogP contribution < -0.4 is 0 Å². The van der Waals surface area contributed by atoms with Crippen LogP contribution in [0.1, 0.15) is 86.1 Å². The van der Waals surface area contributed by atoms with E-state index in [0.29, 0.717) is 19.4 Å². The summed E-state index contributed by atoms with van der Waals surface area (Å²) in [6.45, 7) is 13.5. The number of likely N-dealkylation sites (tertiary alicyclic amines) is 1. The minimum atomic E-state index is -0.673. The van der Waals surface area contributed by atoms with E-state index in [-0.39, 0.29) is 48.4 Å². The van der Waals surface area contributed by atoms with Crippen LogP contribution >= 0.6 is 0 Å². The molecule has 1 heterocycles. The predicted octanol–water partition coefficient (Wildman–Crippen LogP) is 5.09. The van der Waals surface area contributed by atoms with E-state index in [1.165, 1.54) is 6.92 Å². The summed E-state index contributed by atoms with van der Waals surface area (Å²) in [6.07, 6.45) is 1.87. The molecule has 2 rings (SSSR count). The van der Waals surface area contributed by atoms with Crippen molar-refractivity contribution in [3.63, 3.8) is 0 Å². The van der Waals surface area contributed by atoms with Gasteiger partial charge in [0.25, 0.3) is 0 Å². The molecule has 0 aromatic heterocycles. The number of benzene rings is 1. The largest absolute Gasteiger partial charge is 0.460 e. The van der Waals surface area contributed by atoms with Gasteiger partial charge in [-0.15, -0.1) is 0 Å². The molecule has 0 bridgehead atoms. The van der Waals surface area contributed by atoms with Crippen LogP contribution in [0.3, 0.4) is 0 Å². The highest BCUT2D eigenvalue weighted by molar-refractivity contribution is 5.87. The van der Waals surface area contributed by atoms with Crippen LogP contribution in [0.4, 0.5) is 0 Å². The van der Waals surface area contributed by atoms with Crippen LogP contribution in [-0.4, -0.2) is 91.1 Å². The molecular formula is C35H56N2O7. The summed E-state index contributed by atoms with van der Waals surface area (Å²) in [7, 11) is 4.91. The summed E-state index contributed by atoms with van der Waals surface area (Å²) < 4.78 is 17.5. The number of methoxy groups -OCH3 is 2. The van der Waals surface area contributed by atoms with E-state index in [1.807, 2.05) is 62.9 Å². The lowest BCUT2D eigenvalue weighted by atomic mass is 9.85. The van der Waals surface area contributed by atoms with Crippen molar-refractivity contribution in [2.75, 3.05) is 27.8 Å². The molecule has 0 aliphatic carbocycles. The van der Waals surface area contributed by atoms with E-state index in [4.69, 9.17) is 14.2 Å². The van der Waals surface area contributed by atoms with Crippen molar-refractivity contribution in [1.82, 2.24) is 9.80 Å². The number of hydrogen-bond acceptors (Lipinski definition) is 7. The van der Waals surface area contributed by atoms with Crippen LogP contribution in [0, 0.1) is 17.8 Å². The fraction of sp³-hybridized carbons (Fsp3) is 0.714. The van der Waals surface area contributed by atoms with Crippen molar-refractivity contribution < 1.29 is 33.4 Å². The Morgan fingerprint density at radius 1 is 1.02 bits per heavy atom. The lowest BCUT2D eigenvalue weighted by Crippen LogP contribution is -2.52. The van der Waals surface area contributed by atoms with Gasteiger partial charge in [0.1, 0.15) is 11.4 Å². The van der Waals surface area contributed by atoms with E-state index >= 15 is 0 Å². The number of carbonyl (C=O) groups excluding carboxylic acids is 4. The third-order valence-electron chi connectivity index (χ3n) is 9.01. The summed E-state index contributed by atoms with van der Waals surface area (Å²) >= 11 is 0. The zero-order valence-corrected chi connectivity index (χ0v) is 28.6. The van der Waals surface area contributed by atoms with Gasteiger partial charge in [0.05, 0.1) is 36.6 Å². The first kappa shape index (κ1) is 37.4. The molecule has 1 saturated heterocycles. The monoisotopic (exact) mass is 616 g/mol. The molecule has 0 saturated carbocycles. The molecule has 1 fully saturated rings. The third kappa shape index (κ3) is 10.4. The number of carbonyl (C=O) groups is 4. The average molecular weight is 617 g/mol. The predicted molar refractivity (Wildman–Crippen MR) is 171 cm³/mol. The molecule has 0 unspecified atom stereocenters. The smallest absolute Gasteiger partial charge is 0.310 e. The summed E-state index contributed by atoms with van der Waals surface area (Å²) in [5.41, 5.74) is 0.284. The summed E-state index contributed by atoms with van der Waals surface area (Å²) in [5, 5.41) is 0. The molecule has 44 heavy (non-hydrogen) atoms. The number of likely N-dealkylation sites (N-methyl/N-ethyl adjacent to an activating group) is 1. The van der Waals surface area contributed by atoms with Gasteiger partial charge in [-0.1, -0.05) is 57.5 Å². The molecule has 0 radical (unpaired) electrons. The molecule has 1 aliphatic rings. The van der Waals surface area contributed by atoms with Gasteiger partial charge in [-0.3, -0.25) is 19.2 Å². The Hall–Kier alpha value is -2.78. The maximum Gasteiger partial charge on any atom is 0.310 e. The Balaban J connectivity index is 2.23. The zero-order chi connectivity index (χ0) is 33.2. The highest BCUT2D eigenvalue weighted by Crippen LogP contribution is 2.31. The first-order chi connectivity index (χ1) is 20.6. The average Bonchev–Trinajstić information content (AvgIpc) is 3.45. The van der Waals surface area contributed by atoms with E-state index in [1.54, 1.807) is 26.2 Å². The maximum absolute atomic E-state index is 13.8. The van der Waals surface area contributed by atoms with Crippen molar-refractivity contribution >= 4 is 23.6 Å². The highest BCUT2D eigenvalue weighted by atomic mass is 16.6.